The quantitative estimate of drug-likeness (QED) is 0.344. The molecule has 1 N–H and O–H groups in total. The van der Waals surface area contributed by atoms with Crippen LogP contribution in [0.2, 0.25) is 17.3 Å². The molecule has 0 heterocycles. The third-order valence-corrected chi connectivity index (χ3v) is 3.97. The first kappa shape index (κ1) is 14.7. The second kappa shape index (κ2) is 8.99. The third-order valence-electron chi connectivity index (χ3n) is 1.38. The van der Waals surface area contributed by atoms with Crippen LogP contribution in [-0.2, 0) is 9.47 Å². The minimum absolute atomic E-state index is 0.120. The Labute approximate surface area is 94.8 Å². The average Bonchev–Trinajstić information content (AvgIpc) is 2.14. The van der Waals surface area contributed by atoms with Crippen molar-refractivity contribution >= 4 is 13.3 Å². The van der Waals surface area contributed by atoms with Gasteiger partial charge < -0.3 is 0 Å². The fourth-order valence-corrected chi connectivity index (χ4v) is 2.46. The van der Waals surface area contributed by atoms with Gasteiger partial charge in [0.1, 0.15) is 0 Å². The maximum absolute atomic E-state index is 8.35. The first-order chi connectivity index (χ1) is 7.06. The van der Waals surface area contributed by atoms with Crippen molar-refractivity contribution in [3.8, 4) is 11.8 Å². The Hall–Kier alpha value is -0.277. The number of aliphatic hydroxyl groups excluding tert-OH is 1. The maximum atomic E-state index is 8.35. The molecule has 0 aromatic heterocycles. The molecule has 0 atom stereocenters. The van der Waals surface area contributed by atoms with Crippen molar-refractivity contribution in [2.45, 2.75) is 17.3 Å². The van der Waals surface area contributed by atoms with E-state index in [9.17, 15) is 0 Å². The monoisotopic (exact) mass is 274 g/mol. The first-order valence-corrected chi connectivity index (χ1v) is 12.5. The molecule has 0 aliphatic heterocycles. The van der Waals surface area contributed by atoms with Crippen molar-refractivity contribution in [3.63, 3.8) is 0 Å². The molecule has 86 valence electrons. The van der Waals surface area contributed by atoms with E-state index in [1.807, 2.05) is 0 Å². The van der Waals surface area contributed by atoms with Crippen LogP contribution >= 0.6 is 0 Å². The molecule has 3 nitrogen and oxygen atoms in total. The van der Waals surface area contributed by atoms with Gasteiger partial charge in [-0.15, -0.1) is 0 Å². The van der Waals surface area contributed by atoms with E-state index in [0.29, 0.717) is 13.2 Å². The predicted octanol–water partition coefficient (Wildman–Crippen LogP) is 1.41. The molecule has 0 amide bonds. The van der Waals surface area contributed by atoms with E-state index in [1.165, 1.54) is 0 Å². The van der Waals surface area contributed by atoms with Crippen LogP contribution in [0.1, 0.15) is 0 Å². The van der Waals surface area contributed by atoms with Gasteiger partial charge in [0.15, 0.2) is 0 Å². The van der Waals surface area contributed by atoms with Crippen LogP contribution in [0.3, 0.4) is 0 Å². The molecule has 0 bridgehead atoms. The van der Waals surface area contributed by atoms with Crippen LogP contribution in [-0.4, -0.2) is 45.0 Å². The Balaban J connectivity index is 3.29. The molecule has 0 unspecified atom stereocenters. The van der Waals surface area contributed by atoms with Gasteiger partial charge in [-0.25, -0.2) is 0 Å². The van der Waals surface area contributed by atoms with Crippen LogP contribution in [0.5, 0.6) is 0 Å². The van der Waals surface area contributed by atoms with Gasteiger partial charge in [0.05, 0.1) is 0 Å². The van der Waals surface area contributed by atoms with Crippen molar-refractivity contribution in [2.24, 2.45) is 0 Å². The number of hydrogen-bond donors (Lipinski definition) is 1. The SMILES string of the molecule is [CH3][Ge]([CH3])([CH3])[CH]=CCOCOCC#CCO. The molecule has 0 saturated heterocycles. The van der Waals surface area contributed by atoms with E-state index < -0.39 is 13.3 Å². The van der Waals surface area contributed by atoms with Crippen LogP contribution in [0, 0.1) is 11.8 Å². The fraction of sp³-hybridized carbons (Fsp3) is 0.636. The standard InChI is InChI=1S/C11H20GeO3/c1-12(2,3)7-6-10-15-11-14-9-5-4-8-13/h6-7,13H,8-11H2,1-3H3. The van der Waals surface area contributed by atoms with E-state index in [-0.39, 0.29) is 13.4 Å². The van der Waals surface area contributed by atoms with Crippen molar-refractivity contribution in [1.29, 1.82) is 0 Å². The van der Waals surface area contributed by atoms with Crippen LogP contribution in [0.15, 0.2) is 11.0 Å². The molecule has 0 aliphatic rings. The summed E-state index contributed by atoms with van der Waals surface area (Å²) in [7, 11) is 0. The van der Waals surface area contributed by atoms with Gasteiger partial charge in [-0.2, -0.15) is 0 Å². The summed E-state index contributed by atoms with van der Waals surface area (Å²) in [5.41, 5.74) is 0. The summed E-state index contributed by atoms with van der Waals surface area (Å²) in [4.78, 5) is 2.28. The Kier molecular flexibility index (Phi) is 8.82. The molecular weight excluding hydrogens is 253 g/mol. The molecule has 0 spiro atoms. The number of rotatable bonds is 6. The summed E-state index contributed by atoms with van der Waals surface area (Å²) in [6, 6.07) is 0. The van der Waals surface area contributed by atoms with Gasteiger partial charge in [-0.3, -0.25) is 0 Å². The molecule has 15 heavy (non-hydrogen) atoms. The summed E-state index contributed by atoms with van der Waals surface area (Å²) < 4.78 is 10.2. The van der Waals surface area contributed by atoms with E-state index in [1.54, 1.807) is 0 Å². The van der Waals surface area contributed by atoms with Crippen molar-refractivity contribution in [1.82, 2.24) is 0 Å². The average molecular weight is 273 g/mol. The van der Waals surface area contributed by atoms with Gasteiger partial charge >= 0.3 is 94.6 Å². The zero-order valence-electron chi connectivity index (χ0n) is 9.75. The zero-order valence-corrected chi connectivity index (χ0v) is 11.8. The first-order valence-electron chi connectivity index (χ1n) is 4.96. The number of ether oxygens (including phenoxy) is 2. The Morgan fingerprint density at radius 2 is 1.93 bits per heavy atom. The molecule has 0 aromatic rings. The number of aliphatic hydroxyl groups is 1. The van der Waals surface area contributed by atoms with Gasteiger partial charge in [0.2, 0.25) is 0 Å². The Bertz CT molecular complexity index is 232. The van der Waals surface area contributed by atoms with Gasteiger partial charge in [-0.1, -0.05) is 0 Å². The zero-order chi connectivity index (χ0) is 11.6. The predicted molar refractivity (Wildman–Crippen MR) is 64.1 cm³/mol. The molecule has 0 radical (unpaired) electrons. The van der Waals surface area contributed by atoms with Crippen molar-refractivity contribution < 1.29 is 14.6 Å². The van der Waals surface area contributed by atoms with E-state index in [4.69, 9.17) is 14.6 Å². The molecule has 0 fully saturated rings. The minimum atomic E-state index is -1.54. The van der Waals surface area contributed by atoms with Gasteiger partial charge in [0, 0.05) is 0 Å². The second-order valence-corrected chi connectivity index (χ2v) is 14.7. The molecule has 4 heteroatoms. The summed E-state index contributed by atoms with van der Waals surface area (Å²) in [6.07, 6.45) is 2.06. The normalized spacial score (nSPS) is 11.5. The molecule has 0 rings (SSSR count). The number of hydrogen-bond acceptors (Lipinski definition) is 3. The topological polar surface area (TPSA) is 38.7 Å². The van der Waals surface area contributed by atoms with Crippen LogP contribution < -0.4 is 0 Å². The van der Waals surface area contributed by atoms with Crippen LogP contribution in [0.25, 0.3) is 0 Å². The third kappa shape index (κ3) is 13.7. The van der Waals surface area contributed by atoms with E-state index in [2.05, 4.69) is 40.1 Å². The summed E-state index contributed by atoms with van der Waals surface area (Å²) >= 11 is -1.54. The van der Waals surface area contributed by atoms with E-state index >= 15 is 0 Å². The molecular formula is C11H20GeO3. The van der Waals surface area contributed by atoms with Gasteiger partial charge in [0.25, 0.3) is 0 Å². The van der Waals surface area contributed by atoms with Crippen LogP contribution in [0.4, 0.5) is 0 Å². The van der Waals surface area contributed by atoms with Crippen molar-refractivity contribution in [3.05, 3.63) is 11.0 Å². The van der Waals surface area contributed by atoms with E-state index in [0.717, 1.165) is 0 Å². The Morgan fingerprint density at radius 3 is 2.53 bits per heavy atom. The second-order valence-electron chi connectivity index (χ2n) is 4.12. The molecule has 0 aromatic carbocycles. The molecule has 0 saturated carbocycles. The fourth-order valence-electron chi connectivity index (χ4n) is 0.776. The summed E-state index contributed by atoms with van der Waals surface area (Å²) in [5, 5.41) is 8.35. The van der Waals surface area contributed by atoms with Crippen molar-refractivity contribution in [2.75, 3.05) is 26.6 Å². The Morgan fingerprint density at radius 1 is 1.20 bits per heavy atom. The van der Waals surface area contributed by atoms with Gasteiger partial charge in [-0.05, 0) is 0 Å². The summed E-state index contributed by atoms with van der Waals surface area (Å²) in [5.74, 6) is 12.1. The molecule has 0 aliphatic carbocycles. The summed E-state index contributed by atoms with van der Waals surface area (Å²) in [6.45, 7) is 1.03.